The summed E-state index contributed by atoms with van der Waals surface area (Å²) in [5, 5.41) is 11.3. The predicted molar refractivity (Wildman–Crippen MR) is 63.9 cm³/mol. The first kappa shape index (κ1) is 11.2. The Morgan fingerprint density at radius 2 is 2.33 bits per heavy atom. The second-order valence-electron chi connectivity index (χ2n) is 4.22. The molecule has 6 nitrogen and oxygen atoms in total. The van der Waals surface area contributed by atoms with E-state index in [-0.39, 0.29) is 0 Å². The maximum absolute atomic E-state index is 5.59. The molecule has 2 aromatic heterocycles. The van der Waals surface area contributed by atoms with Crippen LogP contribution in [0.5, 0.6) is 5.88 Å². The van der Waals surface area contributed by atoms with Gasteiger partial charge in [0.2, 0.25) is 11.8 Å². The van der Waals surface area contributed by atoms with Gasteiger partial charge in [0.1, 0.15) is 5.56 Å². The molecular weight excluding hydrogens is 232 g/mol. The average molecular weight is 246 g/mol. The molecule has 0 aliphatic heterocycles. The fourth-order valence-electron chi connectivity index (χ4n) is 1.67. The van der Waals surface area contributed by atoms with E-state index in [9.17, 15) is 0 Å². The van der Waals surface area contributed by atoms with Crippen LogP contribution in [-0.4, -0.2) is 28.3 Å². The molecule has 0 saturated heterocycles. The standard InChI is InChI=1S/C12H14N4O2/c1-17-11-9(3-2-6-13-11)12-16-15-10(18-12)7-14-8-4-5-8/h2-3,6,8,14H,4-5,7H2,1H3. The third-order valence-electron chi connectivity index (χ3n) is 2.78. The number of ether oxygens (including phenoxy) is 1. The smallest absolute Gasteiger partial charge is 0.253 e. The summed E-state index contributed by atoms with van der Waals surface area (Å²) in [6.07, 6.45) is 4.13. The van der Waals surface area contributed by atoms with Crippen molar-refractivity contribution in [1.82, 2.24) is 20.5 Å². The molecule has 3 rings (SSSR count). The summed E-state index contributed by atoms with van der Waals surface area (Å²) in [5.74, 6) is 1.51. The highest BCUT2D eigenvalue weighted by Gasteiger charge is 2.21. The van der Waals surface area contributed by atoms with Crippen LogP contribution in [0.3, 0.4) is 0 Å². The van der Waals surface area contributed by atoms with Crippen molar-refractivity contribution in [2.75, 3.05) is 7.11 Å². The Balaban J connectivity index is 1.78. The average Bonchev–Trinajstić information content (AvgIpc) is 3.13. The highest BCUT2D eigenvalue weighted by molar-refractivity contribution is 5.59. The van der Waals surface area contributed by atoms with E-state index >= 15 is 0 Å². The first-order chi connectivity index (χ1) is 8.86. The van der Waals surface area contributed by atoms with Gasteiger partial charge in [-0.1, -0.05) is 0 Å². The van der Waals surface area contributed by atoms with Gasteiger partial charge in [-0.2, -0.15) is 0 Å². The van der Waals surface area contributed by atoms with Gasteiger partial charge in [-0.25, -0.2) is 4.98 Å². The Morgan fingerprint density at radius 1 is 1.44 bits per heavy atom. The summed E-state index contributed by atoms with van der Waals surface area (Å²) in [6, 6.07) is 4.27. The Kier molecular flexibility index (Phi) is 2.93. The Hall–Kier alpha value is -1.95. The van der Waals surface area contributed by atoms with Gasteiger partial charge in [0.25, 0.3) is 5.89 Å². The number of hydrogen-bond acceptors (Lipinski definition) is 6. The first-order valence-corrected chi connectivity index (χ1v) is 5.92. The molecule has 18 heavy (non-hydrogen) atoms. The summed E-state index contributed by atoms with van der Waals surface area (Å²) in [5.41, 5.74) is 0.713. The normalized spacial score (nSPS) is 14.7. The molecule has 0 amide bonds. The van der Waals surface area contributed by atoms with Crippen molar-refractivity contribution >= 4 is 0 Å². The van der Waals surface area contributed by atoms with Gasteiger partial charge in [0.15, 0.2) is 0 Å². The van der Waals surface area contributed by atoms with Gasteiger partial charge in [-0.3, -0.25) is 0 Å². The highest BCUT2D eigenvalue weighted by atomic mass is 16.5. The minimum absolute atomic E-state index is 0.438. The van der Waals surface area contributed by atoms with Gasteiger partial charge in [-0.15, -0.1) is 10.2 Å². The minimum atomic E-state index is 0.438. The van der Waals surface area contributed by atoms with E-state index in [1.807, 2.05) is 12.1 Å². The van der Waals surface area contributed by atoms with E-state index in [0.717, 1.165) is 0 Å². The number of nitrogens with zero attached hydrogens (tertiary/aromatic N) is 3. The Bertz CT molecular complexity index is 536. The topological polar surface area (TPSA) is 73.1 Å². The van der Waals surface area contributed by atoms with E-state index in [2.05, 4.69) is 20.5 Å². The zero-order valence-corrected chi connectivity index (χ0v) is 10.1. The summed E-state index contributed by atoms with van der Waals surface area (Å²) in [7, 11) is 1.57. The van der Waals surface area contributed by atoms with Gasteiger partial charge >= 0.3 is 0 Å². The third kappa shape index (κ3) is 2.33. The van der Waals surface area contributed by atoms with Crippen molar-refractivity contribution in [2.24, 2.45) is 0 Å². The van der Waals surface area contributed by atoms with Crippen LogP contribution in [0.15, 0.2) is 22.7 Å². The molecule has 1 aliphatic rings. The SMILES string of the molecule is COc1ncccc1-c1nnc(CNC2CC2)o1. The Morgan fingerprint density at radius 3 is 3.11 bits per heavy atom. The molecule has 0 bridgehead atoms. The van der Waals surface area contributed by atoms with Crippen LogP contribution in [0.4, 0.5) is 0 Å². The molecule has 0 unspecified atom stereocenters. The minimum Gasteiger partial charge on any atom is -0.480 e. The molecule has 0 radical (unpaired) electrons. The van der Waals surface area contributed by atoms with Crippen molar-refractivity contribution < 1.29 is 9.15 Å². The van der Waals surface area contributed by atoms with Crippen molar-refractivity contribution in [3.8, 4) is 17.3 Å². The van der Waals surface area contributed by atoms with Crippen LogP contribution in [0, 0.1) is 0 Å². The van der Waals surface area contributed by atoms with Gasteiger partial charge in [0.05, 0.1) is 13.7 Å². The molecule has 2 aromatic rings. The molecular formula is C12H14N4O2. The summed E-state index contributed by atoms with van der Waals surface area (Å²) in [4.78, 5) is 4.10. The van der Waals surface area contributed by atoms with E-state index in [1.54, 1.807) is 13.3 Å². The highest BCUT2D eigenvalue weighted by Crippen LogP contribution is 2.26. The van der Waals surface area contributed by atoms with Crippen molar-refractivity contribution in [1.29, 1.82) is 0 Å². The maximum atomic E-state index is 5.59. The lowest BCUT2D eigenvalue weighted by molar-refractivity contribution is 0.396. The fourth-order valence-corrected chi connectivity index (χ4v) is 1.67. The molecule has 0 atom stereocenters. The molecule has 1 fully saturated rings. The summed E-state index contributed by atoms with van der Waals surface area (Å²) < 4.78 is 10.7. The molecule has 2 heterocycles. The quantitative estimate of drug-likeness (QED) is 0.859. The largest absolute Gasteiger partial charge is 0.480 e. The van der Waals surface area contributed by atoms with Crippen LogP contribution >= 0.6 is 0 Å². The van der Waals surface area contributed by atoms with E-state index < -0.39 is 0 Å². The van der Waals surface area contributed by atoms with Crippen LogP contribution in [0.2, 0.25) is 0 Å². The number of rotatable bonds is 5. The number of pyridine rings is 1. The molecule has 1 aliphatic carbocycles. The number of hydrogen-bond donors (Lipinski definition) is 1. The van der Waals surface area contributed by atoms with E-state index in [0.29, 0.717) is 35.8 Å². The maximum Gasteiger partial charge on any atom is 0.253 e. The monoisotopic (exact) mass is 246 g/mol. The van der Waals surface area contributed by atoms with E-state index in [1.165, 1.54) is 12.8 Å². The van der Waals surface area contributed by atoms with Gasteiger partial charge < -0.3 is 14.5 Å². The van der Waals surface area contributed by atoms with Crippen LogP contribution in [0.1, 0.15) is 18.7 Å². The molecule has 6 heteroatoms. The molecule has 0 aromatic carbocycles. The van der Waals surface area contributed by atoms with Gasteiger partial charge in [0, 0.05) is 12.2 Å². The lowest BCUT2D eigenvalue weighted by Gasteiger charge is -2.01. The molecule has 94 valence electrons. The van der Waals surface area contributed by atoms with Crippen LogP contribution in [-0.2, 0) is 6.54 Å². The molecule has 1 N–H and O–H groups in total. The number of nitrogens with one attached hydrogen (secondary N) is 1. The van der Waals surface area contributed by atoms with Crippen LogP contribution in [0.25, 0.3) is 11.5 Å². The zero-order chi connectivity index (χ0) is 12.4. The molecule has 1 saturated carbocycles. The second kappa shape index (κ2) is 4.73. The lowest BCUT2D eigenvalue weighted by Crippen LogP contribution is -2.15. The number of aromatic nitrogens is 3. The second-order valence-corrected chi connectivity index (χ2v) is 4.22. The Labute approximate surface area is 104 Å². The van der Waals surface area contributed by atoms with Gasteiger partial charge in [-0.05, 0) is 25.0 Å². The van der Waals surface area contributed by atoms with E-state index in [4.69, 9.17) is 9.15 Å². The lowest BCUT2D eigenvalue weighted by atomic mass is 10.3. The van der Waals surface area contributed by atoms with Crippen molar-refractivity contribution in [2.45, 2.75) is 25.4 Å². The van der Waals surface area contributed by atoms with Crippen molar-refractivity contribution in [3.05, 3.63) is 24.2 Å². The predicted octanol–water partition coefficient (Wildman–Crippen LogP) is 1.39. The first-order valence-electron chi connectivity index (χ1n) is 5.92. The zero-order valence-electron chi connectivity index (χ0n) is 10.1. The van der Waals surface area contributed by atoms with Crippen LogP contribution < -0.4 is 10.1 Å². The summed E-state index contributed by atoms with van der Waals surface area (Å²) in [6.45, 7) is 0.611. The third-order valence-corrected chi connectivity index (χ3v) is 2.78. The fraction of sp³-hybridized carbons (Fsp3) is 0.417. The molecule has 0 spiro atoms. The summed E-state index contributed by atoms with van der Waals surface area (Å²) >= 11 is 0. The van der Waals surface area contributed by atoms with Crippen molar-refractivity contribution in [3.63, 3.8) is 0 Å². The number of methoxy groups -OCH3 is 1.